The second kappa shape index (κ2) is 10.2. The zero-order valence-electron chi connectivity index (χ0n) is 24.0. The van der Waals surface area contributed by atoms with Crippen LogP contribution in [-0.2, 0) is 22.6 Å². The number of nitrogens with one attached hydrogen (secondary N) is 1. The molecule has 5 rings (SSSR count). The number of aliphatic hydroxyl groups excluding tert-OH is 1. The maximum Gasteiger partial charge on any atom is 0.255 e. The fourth-order valence-electron chi connectivity index (χ4n) is 6.99. The van der Waals surface area contributed by atoms with Gasteiger partial charge in [-0.25, -0.2) is 0 Å². The number of ketones is 2. The molecular formula is C32H37N3O6. The zero-order valence-corrected chi connectivity index (χ0v) is 24.0. The Bertz CT molecular complexity index is 1520. The number of aromatic hydroxyl groups is 1. The molecule has 0 aromatic heterocycles. The van der Waals surface area contributed by atoms with Gasteiger partial charge in [0.15, 0.2) is 11.4 Å². The summed E-state index contributed by atoms with van der Waals surface area (Å²) in [6.07, 6.45) is 0.593. The minimum atomic E-state index is -2.21. The average Bonchev–Trinajstić information content (AvgIpc) is 2.89. The molecule has 9 nitrogen and oxygen atoms in total. The Hall–Kier alpha value is -3.79. The second-order valence-electron chi connectivity index (χ2n) is 12.0. The van der Waals surface area contributed by atoms with Crippen LogP contribution in [0.15, 0.2) is 58.9 Å². The summed E-state index contributed by atoms with van der Waals surface area (Å²) in [5, 5.41) is 37.2. The molecule has 0 heterocycles. The first-order chi connectivity index (χ1) is 19.3. The molecule has 41 heavy (non-hydrogen) atoms. The van der Waals surface area contributed by atoms with E-state index in [0.717, 1.165) is 23.2 Å². The Morgan fingerprint density at radius 1 is 1.12 bits per heavy atom. The van der Waals surface area contributed by atoms with E-state index >= 15 is 0 Å². The van der Waals surface area contributed by atoms with Crippen LogP contribution < -0.4 is 11.1 Å². The topological polar surface area (TPSA) is 153 Å². The van der Waals surface area contributed by atoms with Crippen LogP contribution in [0.25, 0.3) is 11.1 Å². The standard InChI is InChI=1S/C32H37N3O6/c1-15(2)34-14-17-6-8-18(9-7-17)20-10-11-23(36)25-21(20)12-19-13-22-27(35(4)5)29(38)26(31(33)40)30(39)32(22,41)16(3)24(19)28(25)37/h6-11,15,19,22,27,34,36,38,41H,12-14H2,1-5H3,(H2,33,40)/t19-,22-,27?,32+/m0/s1. The highest BCUT2D eigenvalue weighted by atomic mass is 16.3. The molecule has 1 unspecified atom stereocenters. The summed E-state index contributed by atoms with van der Waals surface area (Å²) >= 11 is 0. The van der Waals surface area contributed by atoms with Crippen LogP contribution >= 0.6 is 0 Å². The number of allylic oxidation sites excluding steroid dienone is 1. The lowest BCUT2D eigenvalue weighted by Gasteiger charge is -2.51. The van der Waals surface area contributed by atoms with Gasteiger partial charge < -0.3 is 26.4 Å². The quantitative estimate of drug-likeness (QED) is 0.339. The lowest BCUT2D eigenvalue weighted by molar-refractivity contribution is -0.143. The molecule has 6 N–H and O–H groups in total. The Labute approximate surface area is 239 Å². The van der Waals surface area contributed by atoms with E-state index in [1.807, 2.05) is 30.3 Å². The van der Waals surface area contributed by atoms with Crippen molar-refractivity contribution in [2.24, 2.45) is 17.6 Å². The van der Waals surface area contributed by atoms with Crippen molar-refractivity contribution in [3.63, 3.8) is 0 Å². The number of nitrogens with two attached hydrogens (primary N) is 1. The Morgan fingerprint density at radius 2 is 1.78 bits per heavy atom. The van der Waals surface area contributed by atoms with E-state index in [0.29, 0.717) is 18.0 Å². The number of benzene rings is 2. The van der Waals surface area contributed by atoms with Gasteiger partial charge in [-0.2, -0.15) is 0 Å². The molecule has 216 valence electrons. The van der Waals surface area contributed by atoms with Crippen molar-refractivity contribution in [2.45, 2.75) is 57.8 Å². The number of fused-ring (bicyclic) bond motifs is 3. The molecular weight excluding hydrogens is 522 g/mol. The van der Waals surface area contributed by atoms with Crippen molar-refractivity contribution < 1.29 is 29.7 Å². The number of phenols is 1. The van der Waals surface area contributed by atoms with Gasteiger partial charge >= 0.3 is 0 Å². The number of carbonyl (C=O) groups excluding carboxylic acids is 3. The molecule has 0 bridgehead atoms. The molecule has 0 spiro atoms. The molecule has 0 saturated heterocycles. The van der Waals surface area contributed by atoms with E-state index in [1.165, 1.54) is 13.0 Å². The van der Waals surface area contributed by atoms with E-state index in [1.54, 1.807) is 19.0 Å². The van der Waals surface area contributed by atoms with Crippen LogP contribution in [0.1, 0.15) is 48.7 Å². The highest BCUT2D eigenvalue weighted by Gasteiger charge is 2.61. The summed E-state index contributed by atoms with van der Waals surface area (Å²) < 4.78 is 0. The van der Waals surface area contributed by atoms with Gasteiger partial charge in [0.1, 0.15) is 17.1 Å². The first kappa shape index (κ1) is 28.7. The molecule has 0 aliphatic heterocycles. The average molecular weight is 560 g/mol. The summed E-state index contributed by atoms with van der Waals surface area (Å²) in [5.74, 6) is -4.44. The molecule has 0 radical (unpaired) electrons. The van der Waals surface area contributed by atoms with Gasteiger partial charge in [-0.3, -0.25) is 19.3 Å². The number of Topliss-reactive ketones (excluding diaryl/α,β-unsaturated/α-hetero) is 2. The smallest absolute Gasteiger partial charge is 0.255 e. The molecule has 1 amide bonds. The fourth-order valence-corrected chi connectivity index (χ4v) is 6.99. The fraction of sp³-hybridized carbons (Fsp3) is 0.406. The minimum Gasteiger partial charge on any atom is -0.510 e. The van der Waals surface area contributed by atoms with Crippen LogP contribution in [0.3, 0.4) is 0 Å². The number of phenolic OH excluding ortho intramolecular Hbond substituents is 1. The summed E-state index contributed by atoms with van der Waals surface area (Å²) in [7, 11) is 3.37. The first-order valence-corrected chi connectivity index (χ1v) is 13.9. The molecule has 3 aliphatic carbocycles. The number of aliphatic hydroxyl groups is 2. The van der Waals surface area contributed by atoms with Gasteiger partial charge in [0.2, 0.25) is 5.78 Å². The summed E-state index contributed by atoms with van der Waals surface area (Å²) in [6, 6.07) is 10.9. The predicted octanol–water partition coefficient (Wildman–Crippen LogP) is 2.79. The number of carbonyl (C=O) groups is 3. The number of nitrogens with zero attached hydrogens (tertiary/aromatic N) is 1. The van der Waals surface area contributed by atoms with E-state index in [2.05, 4.69) is 19.2 Å². The molecule has 2 aromatic rings. The largest absolute Gasteiger partial charge is 0.510 e. The van der Waals surface area contributed by atoms with E-state index in [9.17, 15) is 29.7 Å². The van der Waals surface area contributed by atoms with Crippen LogP contribution in [0.4, 0.5) is 0 Å². The Kier molecular flexibility index (Phi) is 7.18. The number of primary amides is 1. The van der Waals surface area contributed by atoms with Crippen molar-refractivity contribution in [2.75, 3.05) is 14.1 Å². The maximum absolute atomic E-state index is 14.1. The van der Waals surface area contributed by atoms with Crippen molar-refractivity contribution in [1.82, 2.24) is 10.2 Å². The Morgan fingerprint density at radius 3 is 2.37 bits per heavy atom. The highest BCUT2D eigenvalue weighted by Crippen LogP contribution is 2.53. The summed E-state index contributed by atoms with van der Waals surface area (Å²) in [6.45, 7) is 6.42. The first-order valence-electron chi connectivity index (χ1n) is 13.9. The second-order valence-corrected chi connectivity index (χ2v) is 12.0. The maximum atomic E-state index is 14.1. The van der Waals surface area contributed by atoms with Crippen molar-refractivity contribution in [1.29, 1.82) is 0 Å². The van der Waals surface area contributed by atoms with Gasteiger partial charge in [0.05, 0.1) is 11.6 Å². The highest BCUT2D eigenvalue weighted by molar-refractivity contribution is 6.25. The van der Waals surface area contributed by atoms with Gasteiger partial charge in [-0.05, 0) is 73.7 Å². The molecule has 4 atom stereocenters. The van der Waals surface area contributed by atoms with Crippen LogP contribution in [0, 0.1) is 11.8 Å². The van der Waals surface area contributed by atoms with Gasteiger partial charge in [-0.1, -0.05) is 44.2 Å². The third kappa shape index (κ3) is 4.39. The van der Waals surface area contributed by atoms with E-state index < -0.39 is 46.4 Å². The number of hydrogen-bond acceptors (Lipinski definition) is 8. The van der Waals surface area contributed by atoms with Crippen LogP contribution in [-0.4, -0.2) is 69.5 Å². The number of likely N-dealkylation sites (N-methyl/N-ethyl adjacent to an activating group) is 1. The Balaban J connectivity index is 1.62. The monoisotopic (exact) mass is 559 g/mol. The van der Waals surface area contributed by atoms with Crippen molar-refractivity contribution in [3.05, 3.63) is 75.6 Å². The van der Waals surface area contributed by atoms with Crippen LogP contribution in [0.2, 0.25) is 0 Å². The number of amides is 1. The summed E-state index contributed by atoms with van der Waals surface area (Å²) in [5.41, 5.74) is 6.71. The molecule has 3 aliphatic rings. The third-order valence-electron chi connectivity index (χ3n) is 8.94. The lowest BCUT2D eigenvalue weighted by atomic mass is 9.56. The normalized spacial score (nSPS) is 25.9. The van der Waals surface area contributed by atoms with Gasteiger partial charge in [0, 0.05) is 24.1 Å². The molecule has 0 fully saturated rings. The van der Waals surface area contributed by atoms with Crippen molar-refractivity contribution >= 4 is 17.5 Å². The number of rotatable bonds is 6. The van der Waals surface area contributed by atoms with Gasteiger partial charge in [0.25, 0.3) is 5.91 Å². The molecule has 0 saturated carbocycles. The SMILES string of the molecule is CC1=C2C(=O)c3c(O)ccc(-c4ccc(CNC(C)C)cc4)c3C[C@H]2C[C@H]2C(N(C)C)C(O)=C(C(N)=O)C(=O)[C@@]12O. The van der Waals surface area contributed by atoms with Crippen LogP contribution in [0.5, 0.6) is 5.75 Å². The summed E-state index contributed by atoms with van der Waals surface area (Å²) in [4.78, 5) is 41.5. The minimum absolute atomic E-state index is 0.129. The zero-order chi connectivity index (χ0) is 30.0. The predicted molar refractivity (Wildman–Crippen MR) is 154 cm³/mol. The van der Waals surface area contributed by atoms with Gasteiger partial charge in [-0.15, -0.1) is 0 Å². The number of hydrogen-bond donors (Lipinski definition) is 5. The van der Waals surface area contributed by atoms with Crippen molar-refractivity contribution in [3.8, 4) is 16.9 Å². The third-order valence-corrected chi connectivity index (χ3v) is 8.94. The van der Waals surface area contributed by atoms with E-state index in [-0.39, 0.29) is 34.8 Å². The van der Waals surface area contributed by atoms with E-state index in [4.69, 9.17) is 5.73 Å². The molecule has 9 heteroatoms. The molecule has 2 aromatic carbocycles. The lowest BCUT2D eigenvalue weighted by Crippen LogP contribution is -2.63.